The topological polar surface area (TPSA) is 123 Å². The molecule has 1 fully saturated rings. The molecule has 1 aliphatic rings. The van der Waals surface area contributed by atoms with Crippen LogP contribution in [0.5, 0.6) is 11.5 Å². The number of carbonyl (C=O) groups is 3. The zero-order valence-electron chi connectivity index (χ0n) is 15.3. The fourth-order valence-electron chi connectivity index (χ4n) is 2.87. The zero-order valence-corrected chi connectivity index (χ0v) is 15.3. The van der Waals surface area contributed by atoms with Crippen molar-refractivity contribution in [2.45, 2.75) is 18.9 Å². The standard InChI is InChI=1S/C18H24N2O7/c1-25-13-6-5-11(8-14(13)26-2)17(22)19-9-15(21)20-16(18(23)24)12-4-3-7-27-10-12/h5-6,8,12,16H,3-4,7,9-10H2,1-2H3,(H,19,22)(H,20,21)(H,23,24). The number of ether oxygens (including phenoxy) is 3. The molecule has 148 valence electrons. The molecule has 0 radical (unpaired) electrons. The fraction of sp³-hybridized carbons (Fsp3) is 0.500. The van der Waals surface area contributed by atoms with Gasteiger partial charge in [0.15, 0.2) is 11.5 Å². The molecule has 1 aromatic rings. The number of carbonyl (C=O) groups excluding carboxylic acids is 2. The second kappa shape index (κ2) is 9.77. The second-order valence-corrected chi connectivity index (χ2v) is 6.11. The molecule has 9 nitrogen and oxygen atoms in total. The van der Waals surface area contributed by atoms with Gasteiger partial charge in [-0.15, -0.1) is 0 Å². The molecule has 2 rings (SSSR count). The molecule has 2 unspecified atom stereocenters. The summed E-state index contributed by atoms with van der Waals surface area (Å²) in [5, 5.41) is 14.3. The van der Waals surface area contributed by atoms with E-state index in [-0.39, 0.29) is 24.6 Å². The maximum absolute atomic E-state index is 12.2. The van der Waals surface area contributed by atoms with E-state index in [1.807, 2.05) is 0 Å². The Hall–Kier alpha value is -2.81. The van der Waals surface area contributed by atoms with Crippen LogP contribution in [-0.2, 0) is 14.3 Å². The van der Waals surface area contributed by atoms with Crippen LogP contribution in [0.1, 0.15) is 23.2 Å². The predicted molar refractivity (Wildman–Crippen MR) is 95.0 cm³/mol. The van der Waals surface area contributed by atoms with Gasteiger partial charge in [-0.2, -0.15) is 0 Å². The Kier molecular flexibility index (Phi) is 7.42. The number of aliphatic carboxylic acids is 1. The molecule has 27 heavy (non-hydrogen) atoms. The first kappa shape index (κ1) is 20.5. The molecule has 0 spiro atoms. The van der Waals surface area contributed by atoms with Gasteiger partial charge in [0, 0.05) is 18.1 Å². The highest BCUT2D eigenvalue weighted by molar-refractivity contribution is 5.97. The second-order valence-electron chi connectivity index (χ2n) is 6.11. The maximum atomic E-state index is 12.2. The Morgan fingerprint density at radius 3 is 2.59 bits per heavy atom. The quantitative estimate of drug-likeness (QED) is 0.597. The van der Waals surface area contributed by atoms with Crippen molar-refractivity contribution in [3.63, 3.8) is 0 Å². The lowest BCUT2D eigenvalue weighted by Gasteiger charge is -2.28. The van der Waals surface area contributed by atoms with Crippen LogP contribution in [0.3, 0.4) is 0 Å². The predicted octanol–water partition coefficient (Wildman–Crippen LogP) is 0.430. The highest BCUT2D eigenvalue weighted by Gasteiger charge is 2.31. The van der Waals surface area contributed by atoms with Crippen molar-refractivity contribution in [1.82, 2.24) is 10.6 Å². The first-order valence-corrected chi connectivity index (χ1v) is 8.56. The monoisotopic (exact) mass is 380 g/mol. The van der Waals surface area contributed by atoms with E-state index >= 15 is 0 Å². The minimum absolute atomic E-state index is 0.287. The lowest BCUT2D eigenvalue weighted by Crippen LogP contribution is -2.51. The van der Waals surface area contributed by atoms with Crippen LogP contribution in [0.25, 0.3) is 0 Å². The van der Waals surface area contributed by atoms with E-state index in [4.69, 9.17) is 14.2 Å². The molecule has 0 saturated carbocycles. The Morgan fingerprint density at radius 1 is 1.26 bits per heavy atom. The Balaban J connectivity index is 1.91. The van der Waals surface area contributed by atoms with Crippen molar-refractivity contribution >= 4 is 17.8 Å². The minimum atomic E-state index is -1.12. The molecule has 2 atom stereocenters. The Labute approximate surface area is 157 Å². The Bertz CT molecular complexity index is 686. The number of nitrogens with one attached hydrogen (secondary N) is 2. The highest BCUT2D eigenvalue weighted by atomic mass is 16.5. The van der Waals surface area contributed by atoms with Crippen LogP contribution >= 0.6 is 0 Å². The summed E-state index contributed by atoms with van der Waals surface area (Å²) in [4.78, 5) is 35.7. The van der Waals surface area contributed by atoms with Crippen molar-refractivity contribution in [2.24, 2.45) is 5.92 Å². The molecule has 1 saturated heterocycles. The van der Waals surface area contributed by atoms with E-state index in [1.165, 1.54) is 26.4 Å². The van der Waals surface area contributed by atoms with Gasteiger partial charge in [-0.3, -0.25) is 9.59 Å². The third-order valence-electron chi connectivity index (χ3n) is 4.30. The number of carboxylic acids is 1. The summed E-state index contributed by atoms with van der Waals surface area (Å²) < 4.78 is 15.5. The summed E-state index contributed by atoms with van der Waals surface area (Å²) >= 11 is 0. The van der Waals surface area contributed by atoms with Crippen molar-refractivity contribution in [1.29, 1.82) is 0 Å². The largest absolute Gasteiger partial charge is 0.493 e. The number of amides is 2. The van der Waals surface area contributed by atoms with E-state index in [0.717, 1.165) is 6.42 Å². The molecule has 1 heterocycles. The third-order valence-corrected chi connectivity index (χ3v) is 4.30. The van der Waals surface area contributed by atoms with Crippen LogP contribution in [-0.4, -0.2) is 62.9 Å². The van der Waals surface area contributed by atoms with Gasteiger partial charge in [0.1, 0.15) is 6.04 Å². The number of hydrogen-bond donors (Lipinski definition) is 3. The lowest BCUT2D eigenvalue weighted by atomic mass is 9.93. The lowest BCUT2D eigenvalue weighted by molar-refractivity contribution is -0.145. The zero-order chi connectivity index (χ0) is 19.8. The number of methoxy groups -OCH3 is 2. The summed E-state index contributed by atoms with van der Waals surface area (Å²) in [5.41, 5.74) is 0.288. The van der Waals surface area contributed by atoms with Gasteiger partial charge in [0.05, 0.1) is 27.4 Å². The molecule has 2 amide bonds. The van der Waals surface area contributed by atoms with Crippen LogP contribution in [0.2, 0.25) is 0 Å². The maximum Gasteiger partial charge on any atom is 0.326 e. The molecule has 3 N–H and O–H groups in total. The van der Waals surface area contributed by atoms with Gasteiger partial charge in [0.2, 0.25) is 5.91 Å². The van der Waals surface area contributed by atoms with E-state index in [0.29, 0.717) is 24.5 Å². The average molecular weight is 380 g/mol. The Morgan fingerprint density at radius 2 is 2.00 bits per heavy atom. The highest BCUT2D eigenvalue weighted by Crippen LogP contribution is 2.27. The van der Waals surface area contributed by atoms with Crippen LogP contribution in [0.15, 0.2) is 18.2 Å². The SMILES string of the molecule is COc1ccc(C(=O)NCC(=O)NC(C(=O)O)C2CCCOC2)cc1OC. The minimum Gasteiger partial charge on any atom is -0.493 e. The number of rotatable bonds is 8. The number of carboxylic acid groups (broad SMARTS) is 1. The van der Waals surface area contributed by atoms with Gasteiger partial charge >= 0.3 is 5.97 Å². The molecule has 9 heteroatoms. The van der Waals surface area contributed by atoms with Crippen LogP contribution < -0.4 is 20.1 Å². The first-order valence-electron chi connectivity index (χ1n) is 8.56. The molecular weight excluding hydrogens is 356 g/mol. The molecule has 0 aromatic heterocycles. The van der Waals surface area contributed by atoms with E-state index in [9.17, 15) is 19.5 Å². The fourth-order valence-corrected chi connectivity index (χ4v) is 2.87. The van der Waals surface area contributed by atoms with Gasteiger partial charge < -0.3 is 30.0 Å². The molecule has 0 bridgehead atoms. The van der Waals surface area contributed by atoms with Gasteiger partial charge in [-0.1, -0.05) is 0 Å². The van der Waals surface area contributed by atoms with Crippen molar-refractivity contribution in [3.05, 3.63) is 23.8 Å². The smallest absolute Gasteiger partial charge is 0.326 e. The summed E-state index contributed by atoms with van der Waals surface area (Å²) in [6, 6.07) is 3.56. The van der Waals surface area contributed by atoms with Gasteiger partial charge in [0.25, 0.3) is 5.91 Å². The normalized spacial score (nSPS) is 17.5. The molecule has 1 aromatic carbocycles. The number of benzene rings is 1. The molecule has 1 aliphatic heterocycles. The third kappa shape index (κ3) is 5.58. The van der Waals surface area contributed by atoms with Gasteiger partial charge in [-0.25, -0.2) is 4.79 Å². The molecule has 0 aliphatic carbocycles. The van der Waals surface area contributed by atoms with Crippen molar-refractivity contribution < 1.29 is 33.7 Å². The van der Waals surface area contributed by atoms with Crippen LogP contribution in [0, 0.1) is 5.92 Å². The van der Waals surface area contributed by atoms with E-state index in [1.54, 1.807) is 6.07 Å². The average Bonchev–Trinajstić information content (AvgIpc) is 2.70. The summed E-state index contributed by atoms with van der Waals surface area (Å²) in [7, 11) is 2.94. The van der Waals surface area contributed by atoms with Crippen molar-refractivity contribution in [3.8, 4) is 11.5 Å². The van der Waals surface area contributed by atoms with Crippen molar-refractivity contribution in [2.75, 3.05) is 34.0 Å². The van der Waals surface area contributed by atoms with Gasteiger partial charge in [-0.05, 0) is 31.0 Å². The summed E-state index contributed by atoms with van der Waals surface area (Å²) in [5.74, 6) is -1.61. The number of hydrogen-bond acceptors (Lipinski definition) is 6. The van der Waals surface area contributed by atoms with E-state index in [2.05, 4.69) is 10.6 Å². The molecular formula is C18H24N2O7. The summed E-state index contributed by atoms with van der Waals surface area (Å²) in [6.45, 7) is 0.540. The first-order chi connectivity index (χ1) is 13.0. The van der Waals surface area contributed by atoms with E-state index < -0.39 is 23.8 Å². The summed E-state index contributed by atoms with van der Waals surface area (Å²) in [6.07, 6.45) is 1.41. The van der Waals surface area contributed by atoms with Crippen LogP contribution in [0.4, 0.5) is 0 Å².